The summed E-state index contributed by atoms with van der Waals surface area (Å²) in [5.41, 5.74) is 2.08. The third-order valence-corrected chi connectivity index (χ3v) is 4.75. The Bertz CT molecular complexity index is 651. The molecule has 0 amide bonds. The number of H-pyrrole nitrogens is 1. The van der Waals surface area contributed by atoms with Crippen LogP contribution < -0.4 is 0 Å². The molecule has 1 aliphatic heterocycles. The first-order chi connectivity index (χ1) is 9.74. The van der Waals surface area contributed by atoms with Gasteiger partial charge in [0.2, 0.25) is 0 Å². The van der Waals surface area contributed by atoms with Gasteiger partial charge in [-0.25, -0.2) is 4.98 Å². The summed E-state index contributed by atoms with van der Waals surface area (Å²) in [6.07, 6.45) is 3.28. The van der Waals surface area contributed by atoms with Crippen molar-refractivity contribution >= 4 is 28.1 Å². The molecular formula is C15H15BrN2OS. The lowest BCUT2D eigenvalue weighted by molar-refractivity contribution is 0.110. The molecule has 1 aromatic carbocycles. The zero-order valence-electron chi connectivity index (χ0n) is 10.9. The van der Waals surface area contributed by atoms with E-state index in [4.69, 9.17) is 17.0 Å². The Hall–Kier alpha value is -1.04. The summed E-state index contributed by atoms with van der Waals surface area (Å²) in [5.74, 6) is 0.893. The number of nitrogens with one attached hydrogen (secondary N) is 1. The van der Waals surface area contributed by atoms with Gasteiger partial charge in [0.25, 0.3) is 0 Å². The van der Waals surface area contributed by atoms with Crippen LogP contribution in [0.5, 0.6) is 0 Å². The van der Waals surface area contributed by atoms with Crippen LogP contribution in [0.3, 0.4) is 0 Å². The highest BCUT2D eigenvalue weighted by atomic mass is 79.9. The second-order valence-electron chi connectivity index (χ2n) is 4.88. The van der Waals surface area contributed by atoms with Crippen molar-refractivity contribution in [2.45, 2.75) is 25.4 Å². The van der Waals surface area contributed by atoms with Gasteiger partial charge in [0, 0.05) is 13.0 Å². The van der Waals surface area contributed by atoms with Gasteiger partial charge in [-0.05, 0) is 34.3 Å². The van der Waals surface area contributed by atoms with Crippen molar-refractivity contribution in [3.05, 3.63) is 45.3 Å². The first-order valence-corrected chi connectivity index (χ1v) is 7.90. The average molecular weight is 351 g/mol. The fourth-order valence-electron chi connectivity index (χ4n) is 2.43. The van der Waals surface area contributed by atoms with Crippen molar-refractivity contribution in [3.63, 3.8) is 0 Å². The van der Waals surface area contributed by atoms with Crippen LogP contribution >= 0.6 is 28.1 Å². The standard InChI is InChI=1S/C15H15BrN2OS/c16-13-14(10-5-2-1-3-6-10)17-12(18-15(13)20)9-11-7-4-8-19-11/h1-3,5-6,11H,4,7-9H2,(H,17,18,20). The molecule has 20 heavy (non-hydrogen) atoms. The van der Waals surface area contributed by atoms with Gasteiger partial charge in [-0.15, -0.1) is 0 Å². The van der Waals surface area contributed by atoms with E-state index in [2.05, 4.69) is 38.0 Å². The zero-order chi connectivity index (χ0) is 13.9. The second-order valence-corrected chi connectivity index (χ2v) is 6.06. The molecule has 0 radical (unpaired) electrons. The van der Waals surface area contributed by atoms with E-state index in [-0.39, 0.29) is 6.10 Å². The minimum absolute atomic E-state index is 0.262. The van der Waals surface area contributed by atoms with E-state index in [0.29, 0.717) is 4.64 Å². The maximum Gasteiger partial charge on any atom is 0.144 e. The predicted octanol–water partition coefficient (Wildman–Crippen LogP) is 4.29. The van der Waals surface area contributed by atoms with Crippen LogP contribution in [0.25, 0.3) is 11.3 Å². The Morgan fingerprint density at radius 2 is 2.15 bits per heavy atom. The zero-order valence-corrected chi connectivity index (χ0v) is 13.3. The van der Waals surface area contributed by atoms with Gasteiger partial charge in [0.05, 0.1) is 16.3 Å². The third-order valence-electron chi connectivity index (χ3n) is 3.42. The Morgan fingerprint density at radius 3 is 2.85 bits per heavy atom. The fourth-order valence-corrected chi connectivity index (χ4v) is 3.06. The number of ether oxygens (including phenoxy) is 1. The molecule has 1 aromatic heterocycles. The number of rotatable bonds is 3. The highest BCUT2D eigenvalue weighted by Crippen LogP contribution is 2.27. The summed E-state index contributed by atoms with van der Waals surface area (Å²) >= 11 is 8.88. The van der Waals surface area contributed by atoms with Crippen LogP contribution in [0.2, 0.25) is 0 Å². The summed E-state index contributed by atoms with van der Waals surface area (Å²) in [7, 11) is 0. The number of halogens is 1. The van der Waals surface area contributed by atoms with Gasteiger partial charge in [0.15, 0.2) is 0 Å². The summed E-state index contributed by atoms with van der Waals surface area (Å²) in [6, 6.07) is 10.1. The molecule has 1 aliphatic rings. The Balaban J connectivity index is 1.97. The number of nitrogens with zero attached hydrogens (tertiary/aromatic N) is 1. The molecule has 2 aromatic rings. The molecule has 1 N–H and O–H groups in total. The van der Waals surface area contributed by atoms with Crippen LogP contribution in [0.15, 0.2) is 34.8 Å². The van der Waals surface area contributed by atoms with Crippen LogP contribution in [-0.4, -0.2) is 22.7 Å². The van der Waals surface area contributed by atoms with E-state index in [1.807, 2.05) is 18.2 Å². The second kappa shape index (κ2) is 6.16. The summed E-state index contributed by atoms with van der Waals surface area (Å²) < 4.78 is 7.10. The average Bonchev–Trinajstić information content (AvgIpc) is 2.96. The van der Waals surface area contributed by atoms with Crippen molar-refractivity contribution in [2.75, 3.05) is 6.61 Å². The molecule has 0 bridgehead atoms. The number of hydrogen-bond acceptors (Lipinski definition) is 3. The van der Waals surface area contributed by atoms with E-state index in [1.165, 1.54) is 0 Å². The minimum Gasteiger partial charge on any atom is -0.378 e. The van der Waals surface area contributed by atoms with Crippen molar-refractivity contribution in [1.82, 2.24) is 9.97 Å². The van der Waals surface area contributed by atoms with Crippen LogP contribution in [0.1, 0.15) is 18.7 Å². The highest BCUT2D eigenvalue weighted by molar-refractivity contribution is 9.10. The highest BCUT2D eigenvalue weighted by Gasteiger charge is 2.18. The van der Waals surface area contributed by atoms with Gasteiger partial charge >= 0.3 is 0 Å². The quantitative estimate of drug-likeness (QED) is 0.839. The molecule has 1 fully saturated rings. The maximum absolute atomic E-state index is 5.67. The van der Waals surface area contributed by atoms with Crippen molar-refractivity contribution in [2.24, 2.45) is 0 Å². The minimum atomic E-state index is 0.262. The molecule has 3 nitrogen and oxygen atoms in total. The van der Waals surface area contributed by atoms with Crippen molar-refractivity contribution < 1.29 is 4.74 Å². The van der Waals surface area contributed by atoms with Gasteiger partial charge in [0.1, 0.15) is 10.5 Å². The molecule has 1 atom stereocenters. The van der Waals surface area contributed by atoms with E-state index in [0.717, 1.165) is 47.4 Å². The summed E-state index contributed by atoms with van der Waals surface area (Å²) in [5, 5.41) is 0. The number of hydrogen-bond donors (Lipinski definition) is 1. The van der Waals surface area contributed by atoms with Crippen LogP contribution in [0, 0.1) is 4.64 Å². The molecule has 5 heteroatoms. The van der Waals surface area contributed by atoms with Gasteiger partial charge in [-0.1, -0.05) is 42.5 Å². The van der Waals surface area contributed by atoms with Gasteiger partial charge < -0.3 is 9.72 Å². The van der Waals surface area contributed by atoms with E-state index in [9.17, 15) is 0 Å². The lowest BCUT2D eigenvalue weighted by Crippen LogP contribution is -2.12. The third kappa shape index (κ3) is 3.00. The molecule has 1 saturated heterocycles. The van der Waals surface area contributed by atoms with Gasteiger partial charge in [-0.2, -0.15) is 0 Å². The van der Waals surface area contributed by atoms with Gasteiger partial charge in [-0.3, -0.25) is 0 Å². The van der Waals surface area contributed by atoms with E-state index >= 15 is 0 Å². The summed E-state index contributed by atoms with van der Waals surface area (Å²) in [6.45, 7) is 0.855. The largest absolute Gasteiger partial charge is 0.378 e. The van der Waals surface area contributed by atoms with Crippen molar-refractivity contribution in [3.8, 4) is 11.3 Å². The molecule has 3 rings (SSSR count). The molecular weight excluding hydrogens is 336 g/mol. The Morgan fingerprint density at radius 1 is 1.35 bits per heavy atom. The molecule has 0 spiro atoms. The number of aromatic nitrogens is 2. The Kier molecular flexibility index (Phi) is 4.29. The summed E-state index contributed by atoms with van der Waals surface area (Å²) in [4.78, 5) is 7.85. The first-order valence-electron chi connectivity index (χ1n) is 6.70. The monoisotopic (exact) mass is 350 g/mol. The number of benzene rings is 1. The smallest absolute Gasteiger partial charge is 0.144 e. The lowest BCUT2D eigenvalue weighted by atomic mass is 10.1. The predicted molar refractivity (Wildman–Crippen MR) is 85.2 cm³/mol. The molecule has 0 saturated carbocycles. The fraction of sp³-hybridized carbons (Fsp3) is 0.333. The van der Waals surface area contributed by atoms with Crippen LogP contribution in [-0.2, 0) is 11.2 Å². The molecule has 1 unspecified atom stereocenters. The molecule has 0 aliphatic carbocycles. The first kappa shape index (κ1) is 13.9. The normalized spacial score (nSPS) is 18.4. The Labute approximate surface area is 131 Å². The molecule has 104 valence electrons. The van der Waals surface area contributed by atoms with E-state index in [1.54, 1.807) is 0 Å². The SMILES string of the molecule is S=c1nc(CC2CCCO2)[nH]c(-c2ccccc2)c1Br. The molecule has 2 heterocycles. The van der Waals surface area contributed by atoms with Crippen LogP contribution in [0.4, 0.5) is 0 Å². The number of aromatic amines is 1. The van der Waals surface area contributed by atoms with Crippen molar-refractivity contribution in [1.29, 1.82) is 0 Å². The lowest BCUT2D eigenvalue weighted by Gasteiger charge is -2.12. The van der Waals surface area contributed by atoms with E-state index < -0.39 is 0 Å². The maximum atomic E-state index is 5.67. The topological polar surface area (TPSA) is 37.9 Å².